The summed E-state index contributed by atoms with van der Waals surface area (Å²) in [6.07, 6.45) is 1.67. The molecule has 21 heavy (non-hydrogen) atoms. The minimum Gasteiger partial charge on any atom is -0.478 e. The lowest BCUT2D eigenvalue weighted by Crippen LogP contribution is -1.94. The zero-order valence-electron chi connectivity index (χ0n) is 11.1. The largest absolute Gasteiger partial charge is 0.478 e. The summed E-state index contributed by atoms with van der Waals surface area (Å²) >= 11 is 0. The maximum Gasteiger partial charge on any atom is 0.335 e. The van der Waals surface area contributed by atoms with Crippen LogP contribution in [-0.4, -0.2) is 26.3 Å². The highest BCUT2D eigenvalue weighted by Crippen LogP contribution is 2.23. The number of pyridine rings is 1. The van der Waals surface area contributed by atoms with Gasteiger partial charge in [-0.15, -0.1) is 10.2 Å². The number of carbonyl (C=O) groups is 1. The van der Waals surface area contributed by atoms with Crippen LogP contribution in [0.25, 0.3) is 22.9 Å². The summed E-state index contributed by atoms with van der Waals surface area (Å²) in [6.45, 7) is 1.90. The molecule has 0 unspecified atom stereocenters. The lowest BCUT2D eigenvalue weighted by Gasteiger charge is -1.97. The molecule has 6 nitrogen and oxygen atoms in total. The van der Waals surface area contributed by atoms with Gasteiger partial charge in [-0.3, -0.25) is 4.98 Å². The fraction of sp³-hybridized carbons (Fsp3) is 0.0667. The zero-order chi connectivity index (χ0) is 14.8. The maximum absolute atomic E-state index is 10.8. The third-order valence-corrected chi connectivity index (χ3v) is 2.96. The van der Waals surface area contributed by atoms with E-state index in [9.17, 15) is 4.79 Å². The van der Waals surface area contributed by atoms with E-state index >= 15 is 0 Å². The molecule has 3 aromatic rings. The van der Waals surface area contributed by atoms with E-state index in [1.54, 1.807) is 18.3 Å². The second-order valence-corrected chi connectivity index (χ2v) is 4.48. The van der Waals surface area contributed by atoms with Gasteiger partial charge < -0.3 is 9.52 Å². The van der Waals surface area contributed by atoms with E-state index in [-0.39, 0.29) is 5.56 Å². The van der Waals surface area contributed by atoms with Crippen LogP contribution in [0.1, 0.15) is 16.1 Å². The average Bonchev–Trinajstić information content (AvgIpc) is 2.98. The van der Waals surface area contributed by atoms with Gasteiger partial charge in [0.05, 0.1) is 11.1 Å². The first-order valence-corrected chi connectivity index (χ1v) is 6.24. The van der Waals surface area contributed by atoms with Crippen LogP contribution in [0.15, 0.2) is 47.0 Å². The fourth-order valence-corrected chi connectivity index (χ4v) is 1.81. The molecule has 6 heteroatoms. The summed E-state index contributed by atoms with van der Waals surface area (Å²) < 4.78 is 5.59. The van der Waals surface area contributed by atoms with E-state index < -0.39 is 5.97 Å². The monoisotopic (exact) mass is 281 g/mol. The molecule has 0 aliphatic heterocycles. The highest BCUT2D eigenvalue weighted by atomic mass is 16.4. The Morgan fingerprint density at radius 3 is 2.19 bits per heavy atom. The fourth-order valence-electron chi connectivity index (χ4n) is 1.81. The lowest BCUT2D eigenvalue weighted by atomic mass is 10.1. The summed E-state index contributed by atoms with van der Waals surface area (Å²) in [5.74, 6) is -0.263. The molecule has 0 aliphatic rings. The Kier molecular flexibility index (Phi) is 3.19. The van der Waals surface area contributed by atoms with Crippen LogP contribution in [0.2, 0.25) is 0 Å². The Morgan fingerprint density at radius 1 is 1.00 bits per heavy atom. The molecule has 3 rings (SSSR count). The third-order valence-electron chi connectivity index (χ3n) is 2.96. The molecule has 104 valence electrons. The van der Waals surface area contributed by atoms with Crippen molar-refractivity contribution >= 4 is 5.97 Å². The first kappa shape index (κ1) is 13.0. The van der Waals surface area contributed by atoms with Gasteiger partial charge in [-0.2, -0.15) is 0 Å². The van der Waals surface area contributed by atoms with Gasteiger partial charge in [0.15, 0.2) is 0 Å². The van der Waals surface area contributed by atoms with Gasteiger partial charge >= 0.3 is 5.97 Å². The molecular formula is C15H11N3O3. The zero-order valence-corrected chi connectivity index (χ0v) is 11.1. The molecule has 0 spiro atoms. The average molecular weight is 281 g/mol. The predicted octanol–water partition coefficient (Wildman–Crippen LogP) is 2.81. The molecule has 0 radical (unpaired) electrons. The van der Waals surface area contributed by atoms with Crippen LogP contribution in [-0.2, 0) is 0 Å². The predicted molar refractivity (Wildman–Crippen MR) is 74.7 cm³/mol. The Labute approximate surface area is 120 Å². The summed E-state index contributed by atoms with van der Waals surface area (Å²) in [4.78, 5) is 15.0. The van der Waals surface area contributed by atoms with Crippen molar-refractivity contribution in [3.8, 4) is 22.9 Å². The van der Waals surface area contributed by atoms with Crippen molar-refractivity contribution in [3.05, 3.63) is 53.9 Å². The smallest absolute Gasteiger partial charge is 0.335 e. The molecule has 2 aromatic heterocycles. The summed E-state index contributed by atoms with van der Waals surface area (Å²) in [7, 11) is 0. The van der Waals surface area contributed by atoms with Crippen LogP contribution >= 0.6 is 0 Å². The van der Waals surface area contributed by atoms with Gasteiger partial charge in [0.25, 0.3) is 0 Å². The van der Waals surface area contributed by atoms with E-state index in [1.165, 1.54) is 12.1 Å². The number of hydrogen-bond acceptors (Lipinski definition) is 5. The first-order valence-electron chi connectivity index (χ1n) is 6.24. The van der Waals surface area contributed by atoms with Crippen LogP contribution in [0.4, 0.5) is 0 Å². The van der Waals surface area contributed by atoms with Crippen molar-refractivity contribution in [1.29, 1.82) is 0 Å². The SMILES string of the molecule is Cc1ccc(-c2nnc(-c3ccc(C(=O)O)cc3)o2)cn1. The van der Waals surface area contributed by atoms with Gasteiger partial charge in [0.2, 0.25) is 11.8 Å². The Morgan fingerprint density at radius 2 is 1.62 bits per heavy atom. The van der Waals surface area contributed by atoms with Crippen molar-refractivity contribution in [2.45, 2.75) is 6.92 Å². The topological polar surface area (TPSA) is 89.1 Å². The summed E-state index contributed by atoms with van der Waals surface area (Å²) in [5.41, 5.74) is 2.52. The normalized spacial score (nSPS) is 10.5. The molecule has 0 atom stereocenters. The molecule has 1 aromatic carbocycles. The maximum atomic E-state index is 10.8. The second kappa shape index (κ2) is 5.16. The van der Waals surface area contributed by atoms with E-state index in [0.29, 0.717) is 17.3 Å². The number of nitrogens with zero attached hydrogens (tertiary/aromatic N) is 3. The highest BCUT2D eigenvalue weighted by molar-refractivity contribution is 5.88. The number of rotatable bonds is 3. The molecule has 2 heterocycles. The summed E-state index contributed by atoms with van der Waals surface area (Å²) in [6, 6.07) is 9.97. The minimum atomic E-state index is -0.974. The van der Waals surface area contributed by atoms with Crippen LogP contribution in [0.5, 0.6) is 0 Å². The number of aromatic carboxylic acids is 1. The molecule has 0 fully saturated rings. The first-order chi connectivity index (χ1) is 10.1. The minimum absolute atomic E-state index is 0.209. The second-order valence-electron chi connectivity index (χ2n) is 4.48. The molecule has 0 amide bonds. The Hall–Kier alpha value is -3.02. The molecular weight excluding hydrogens is 270 g/mol. The summed E-state index contributed by atoms with van der Waals surface area (Å²) in [5, 5.41) is 16.8. The number of carboxylic acids is 1. The van der Waals surface area contributed by atoms with Crippen molar-refractivity contribution in [3.63, 3.8) is 0 Å². The van der Waals surface area contributed by atoms with Gasteiger partial charge in [0, 0.05) is 17.5 Å². The van der Waals surface area contributed by atoms with Crippen molar-refractivity contribution in [2.24, 2.45) is 0 Å². The van der Waals surface area contributed by atoms with Gasteiger partial charge in [-0.1, -0.05) is 0 Å². The van der Waals surface area contributed by atoms with Crippen molar-refractivity contribution in [1.82, 2.24) is 15.2 Å². The van der Waals surface area contributed by atoms with Crippen molar-refractivity contribution < 1.29 is 14.3 Å². The van der Waals surface area contributed by atoms with Crippen LogP contribution < -0.4 is 0 Å². The number of benzene rings is 1. The van der Waals surface area contributed by atoms with Gasteiger partial charge in [0.1, 0.15) is 0 Å². The molecule has 0 saturated carbocycles. The number of hydrogen-bond donors (Lipinski definition) is 1. The molecule has 0 saturated heterocycles. The van der Waals surface area contributed by atoms with Crippen LogP contribution in [0, 0.1) is 6.92 Å². The van der Waals surface area contributed by atoms with Crippen molar-refractivity contribution in [2.75, 3.05) is 0 Å². The van der Waals surface area contributed by atoms with Gasteiger partial charge in [-0.25, -0.2) is 4.79 Å². The Balaban J connectivity index is 1.90. The Bertz CT molecular complexity index is 777. The van der Waals surface area contributed by atoms with Crippen LogP contribution in [0.3, 0.4) is 0 Å². The number of carboxylic acid groups (broad SMARTS) is 1. The highest BCUT2D eigenvalue weighted by Gasteiger charge is 2.11. The van der Waals surface area contributed by atoms with E-state index in [2.05, 4.69) is 15.2 Å². The van der Waals surface area contributed by atoms with E-state index in [4.69, 9.17) is 9.52 Å². The standard InChI is InChI=1S/C15H11N3O3/c1-9-2-3-12(8-16-9)14-18-17-13(21-14)10-4-6-11(7-5-10)15(19)20/h2-8H,1H3,(H,19,20). The molecule has 1 N–H and O–H groups in total. The lowest BCUT2D eigenvalue weighted by molar-refractivity contribution is 0.0697. The quantitative estimate of drug-likeness (QED) is 0.794. The van der Waals surface area contributed by atoms with Gasteiger partial charge in [-0.05, 0) is 43.3 Å². The molecule has 0 bridgehead atoms. The van der Waals surface area contributed by atoms with E-state index in [1.807, 2.05) is 19.1 Å². The number of aryl methyl sites for hydroxylation is 1. The molecule has 0 aliphatic carbocycles. The number of aromatic nitrogens is 3. The van der Waals surface area contributed by atoms with E-state index in [0.717, 1.165) is 11.3 Å². The third kappa shape index (κ3) is 2.64.